The summed E-state index contributed by atoms with van der Waals surface area (Å²) in [6.45, 7) is 8.26. The third-order valence-corrected chi connectivity index (χ3v) is 19.4. The summed E-state index contributed by atoms with van der Waals surface area (Å²) in [5.74, 6) is 0. The monoisotopic (exact) mass is 1310 g/mol. The van der Waals surface area contributed by atoms with Crippen LogP contribution in [-0.2, 0) is 13.2 Å². The van der Waals surface area contributed by atoms with Crippen LogP contribution in [0.25, 0.3) is 148 Å². The molecule has 6 heteroatoms. The fourth-order valence-corrected chi connectivity index (χ4v) is 15.1. The van der Waals surface area contributed by atoms with Crippen LogP contribution in [0.1, 0.15) is 27.2 Å². The zero-order valence-corrected chi connectivity index (χ0v) is 57.7. The molecule has 0 bridgehead atoms. The quantitative estimate of drug-likeness (QED) is 0.159. The predicted octanol–water partition coefficient (Wildman–Crippen LogP) is 26.0. The summed E-state index contributed by atoms with van der Waals surface area (Å²) in [5, 5.41) is 15.8. The van der Waals surface area contributed by atoms with E-state index in [9.17, 15) is 0 Å². The highest BCUT2D eigenvalue weighted by Crippen LogP contribution is 2.37. The molecule has 6 heterocycles. The maximum absolute atomic E-state index is 2.43. The molecule has 6 nitrogen and oxygen atoms in total. The lowest BCUT2D eigenvalue weighted by molar-refractivity contribution is 0.682. The SMILES string of the molecule is CCC.CCn1c2ccccc2c2ccccc21.c1ccc(-n2c3ccccc3c3ccccc32)cc1.c1ccc(-n2c3ccccc3c3ccccc32)cc1.c1ccc(-n2c3ccccc3c3ccccc32)cc1.c1ccc2c(c1)c1ccccc1n2Cn1c2ccccc2c2ccccc21. The largest absolute Gasteiger partial charge is 0.341 e. The van der Waals surface area contributed by atoms with Crippen molar-refractivity contribution in [3.05, 3.63) is 382 Å². The van der Waals surface area contributed by atoms with Crippen LogP contribution in [0.3, 0.4) is 0 Å². The number of nitrogens with zero attached hydrogens (tertiary/aromatic N) is 6. The molecule has 0 unspecified atom stereocenters. The fourth-order valence-electron chi connectivity index (χ4n) is 15.1. The average Bonchev–Trinajstić information content (AvgIpc) is 1.63. The Morgan fingerprint density at radius 1 is 0.157 bits per heavy atom. The van der Waals surface area contributed by atoms with Gasteiger partial charge in [0.2, 0.25) is 0 Å². The molecule has 21 aromatic rings. The summed E-state index contributed by atoms with van der Waals surface area (Å²) in [6, 6.07) is 135. The lowest BCUT2D eigenvalue weighted by Crippen LogP contribution is -2.07. The van der Waals surface area contributed by atoms with Crippen LogP contribution in [0.15, 0.2) is 382 Å². The number of hydrogen-bond acceptors (Lipinski definition) is 0. The Balaban J connectivity index is 0.0000000989. The molecule has 0 atom stereocenters. The first-order chi connectivity index (χ1) is 50.6. The third kappa shape index (κ3) is 11.9. The van der Waals surface area contributed by atoms with Crippen molar-refractivity contribution in [1.82, 2.24) is 27.4 Å². The van der Waals surface area contributed by atoms with E-state index < -0.39 is 0 Å². The van der Waals surface area contributed by atoms with Crippen molar-refractivity contribution in [2.45, 2.75) is 40.4 Å². The Morgan fingerprint density at radius 2 is 0.294 bits per heavy atom. The van der Waals surface area contributed by atoms with Gasteiger partial charge in [-0.1, -0.05) is 293 Å². The van der Waals surface area contributed by atoms with Gasteiger partial charge in [0.05, 0.1) is 55.2 Å². The molecule has 0 fully saturated rings. The Bertz CT molecular complexity index is 5670. The smallest absolute Gasteiger partial charge is 0.100 e. The second-order valence-corrected chi connectivity index (χ2v) is 25.7. The topological polar surface area (TPSA) is 29.6 Å². The second-order valence-electron chi connectivity index (χ2n) is 25.7. The van der Waals surface area contributed by atoms with Crippen molar-refractivity contribution in [1.29, 1.82) is 0 Å². The first-order valence-corrected chi connectivity index (χ1v) is 35.6. The van der Waals surface area contributed by atoms with E-state index in [0.29, 0.717) is 0 Å². The number of fused-ring (bicyclic) bond motifs is 18. The van der Waals surface area contributed by atoms with Gasteiger partial charge in [-0.2, -0.15) is 0 Å². The van der Waals surface area contributed by atoms with Crippen LogP contribution in [0.5, 0.6) is 0 Å². The Labute approximate surface area is 594 Å². The molecule has 0 saturated carbocycles. The number of benzene rings is 15. The lowest BCUT2D eigenvalue weighted by Gasteiger charge is -2.12. The molecule has 6 aromatic heterocycles. The van der Waals surface area contributed by atoms with Gasteiger partial charge >= 0.3 is 0 Å². The zero-order chi connectivity index (χ0) is 68.7. The van der Waals surface area contributed by atoms with Gasteiger partial charge in [0.25, 0.3) is 0 Å². The molecule has 0 aliphatic rings. The molecule has 102 heavy (non-hydrogen) atoms. The van der Waals surface area contributed by atoms with Gasteiger partial charge in [0.15, 0.2) is 0 Å². The molecule has 0 radical (unpaired) electrons. The van der Waals surface area contributed by atoms with E-state index >= 15 is 0 Å². The summed E-state index contributed by atoms with van der Waals surface area (Å²) >= 11 is 0. The second kappa shape index (κ2) is 28.9. The molecule has 0 aliphatic carbocycles. The predicted molar refractivity (Wildman–Crippen MR) is 438 cm³/mol. The minimum atomic E-state index is 0.794. The van der Waals surface area contributed by atoms with Crippen LogP contribution in [0.4, 0.5) is 0 Å². The van der Waals surface area contributed by atoms with Gasteiger partial charge in [-0.3, -0.25) is 0 Å². The van der Waals surface area contributed by atoms with Gasteiger partial charge in [-0.15, -0.1) is 0 Å². The molecule has 0 N–H and O–H groups in total. The van der Waals surface area contributed by atoms with Crippen molar-refractivity contribution in [2.75, 3.05) is 0 Å². The molecule has 0 spiro atoms. The van der Waals surface area contributed by atoms with Crippen LogP contribution < -0.4 is 0 Å². The molecule has 15 aromatic carbocycles. The summed E-state index contributed by atoms with van der Waals surface area (Å²) in [5.41, 5.74) is 19.0. The lowest BCUT2D eigenvalue weighted by atomic mass is 10.2. The van der Waals surface area contributed by atoms with Gasteiger partial charge in [0.1, 0.15) is 6.67 Å². The normalized spacial score (nSPS) is 11.2. The standard InChI is InChI=1S/C25H18N2.3C18H13N.C14H13N.C3H8/c1-5-13-22-18(9-1)19-10-2-6-14-23(19)26(22)17-27-24-15-7-3-11-20(24)21-12-4-8-16-25(21)27;3*1-2-8-14(9-3-1)19-17-12-6-4-10-15(17)16-11-5-7-13-18(16)19;1-2-15-13-9-5-3-7-11(13)12-8-4-6-10-14(12)15;1-3-2/h1-16H,17H2;3*1-13H;3-10H,2H2,1H3;3H2,1-2H3. The van der Waals surface area contributed by atoms with Crippen LogP contribution in [-0.4, -0.2) is 27.4 Å². The van der Waals surface area contributed by atoms with Crippen molar-refractivity contribution >= 4 is 131 Å². The van der Waals surface area contributed by atoms with Crippen LogP contribution >= 0.6 is 0 Å². The van der Waals surface area contributed by atoms with Crippen molar-refractivity contribution in [2.24, 2.45) is 0 Å². The molecular formula is C96H78N6. The minimum Gasteiger partial charge on any atom is -0.341 e. The van der Waals surface area contributed by atoms with E-state index in [1.165, 1.54) is 154 Å². The van der Waals surface area contributed by atoms with Crippen molar-refractivity contribution in [3.63, 3.8) is 0 Å². The third-order valence-electron chi connectivity index (χ3n) is 19.4. The maximum Gasteiger partial charge on any atom is 0.100 e. The van der Waals surface area contributed by atoms with Gasteiger partial charge in [-0.25, -0.2) is 0 Å². The molecule has 0 amide bonds. The Morgan fingerprint density at radius 3 is 0.471 bits per heavy atom. The molecule has 21 rings (SSSR count). The van der Waals surface area contributed by atoms with Crippen LogP contribution in [0, 0.1) is 0 Å². The zero-order valence-electron chi connectivity index (χ0n) is 57.7. The molecular weight excluding hydrogens is 1240 g/mol. The summed E-state index contributed by atoms with van der Waals surface area (Å²) in [4.78, 5) is 0. The highest BCUT2D eigenvalue weighted by atomic mass is 15.2. The van der Waals surface area contributed by atoms with E-state index in [1.807, 2.05) is 0 Å². The van der Waals surface area contributed by atoms with E-state index in [-0.39, 0.29) is 0 Å². The first kappa shape index (κ1) is 63.8. The first-order valence-electron chi connectivity index (χ1n) is 35.6. The Hall–Kier alpha value is -12.9. The number of aryl methyl sites for hydroxylation is 1. The fraction of sp³-hybridized carbons (Fsp3) is 0.0625. The number of rotatable bonds is 6. The highest BCUT2D eigenvalue weighted by molar-refractivity contribution is 6.13. The summed E-state index contributed by atoms with van der Waals surface area (Å²) in [7, 11) is 0. The van der Waals surface area contributed by atoms with Crippen molar-refractivity contribution < 1.29 is 0 Å². The molecule has 0 saturated heterocycles. The minimum absolute atomic E-state index is 0.794. The maximum atomic E-state index is 2.43. The summed E-state index contributed by atoms with van der Waals surface area (Å²) in [6.07, 6.45) is 1.25. The van der Waals surface area contributed by atoms with E-state index in [0.717, 1.165) is 13.2 Å². The van der Waals surface area contributed by atoms with Crippen LogP contribution in [0.2, 0.25) is 0 Å². The van der Waals surface area contributed by atoms with Gasteiger partial charge in [0, 0.05) is 99.3 Å². The van der Waals surface area contributed by atoms with Crippen molar-refractivity contribution in [3.8, 4) is 17.1 Å². The number of hydrogen-bond donors (Lipinski definition) is 0. The average molecular weight is 1320 g/mol. The molecule has 0 aliphatic heterocycles. The van der Waals surface area contributed by atoms with Gasteiger partial charge < -0.3 is 27.4 Å². The molecule has 492 valence electrons. The number of para-hydroxylation sites is 15. The summed E-state index contributed by atoms with van der Waals surface area (Å²) < 4.78 is 14.2. The Kier molecular flexibility index (Phi) is 18.1. The van der Waals surface area contributed by atoms with E-state index in [1.54, 1.807) is 0 Å². The highest BCUT2D eigenvalue weighted by Gasteiger charge is 2.17. The number of aromatic nitrogens is 6. The van der Waals surface area contributed by atoms with Gasteiger partial charge in [-0.05, 0) is 116 Å². The van der Waals surface area contributed by atoms with E-state index in [4.69, 9.17) is 0 Å². The van der Waals surface area contributed by atoms with E-state index in [2.05, 4.69) is 430 Å².